The van der Waals surface area contributed by atoms with Crippen LogP contribution in [0.25, 0.3) is 0 Å². The summed E-state index contributed by atoms with van der Waals surface area (Å²) >= 11 is 0. The number of ether oxygens (including phenoxy) is 2. The first-order valence-corrected chi connectivity index (χ1v) is 5.46. The minimum atomic E-state index is -0.327. The molecule has 2 N–H and O–H groups in total. The Kier molecular flexibility index (Phi) is 3.75. The van der Waals surface area contributed by atoms with Gasteiger partial charge in [-0.05, 0) is 18.8 Å². The molecule has 2 rings (SSSR count). The van der Waals surface area contributed by atoms with Crippen molar-refractivity contribution in [3.63, 3.8) is 0 Å². The highest BCUT2D eigenvalue weighted by Crippen LogP contribution is 2.22. The zero-order valence-electron chi connectivity index (χ0n) is 8.45. The SMILES string of the molecule is OC(C1CCOCC1)C1CNCCO1. The van der Waals surface area contributed by atoms with Crippen molar-refractivity contribution in [2.45, 2.75) is 25.0 Å². The van der Waals surface area contributed by atoms with Crippen molar-refractivity contribution in [3.05, 3.63) is 0 Å². The highest BCUT2D eigenvalue weighted by atomic mass is 16.5. The zero-order valence-corrected chi connectivity index (χ0v) is 8.45. The molecule has 2 atom stereocenters. The number of hydrogen-bond acceptors (Lipinski definition) is 4. The van der Waals surface area contributed by atoms with Crippen molar-refractivity contribution in [1.82, 2.24) is 5.32 Å². The van der Waals surface area contributed by atoms with Gasteiger partial charge in [-0.2, -0.15) is 0 Å². The second kappa shape index (κ2) is 5.07. The van der Waals surface area contributed by atoms with Crippen LogP contribution in [-0.2, 0) is 9.47 Å². The van der Waals surface area contributed by atoms with Crippen LogP contribution in [0.5, 0.6) is 0 Å². The molecule has 14 heavy (non-hydrogen) atoms. The molecule has 2 aliphatic rings. The standard InChI is InChI=1S/C10H19NO3/c12-10(8-1-4-13-5-2-8)9-7-11-3-6-14-9/h8-12H,1-7H2. The van der Waals surface area contributed by atoms with Gasteiger partial charge in [0.15, 0.2) is 0 Å². The molecule has 0 aromatic heterocycles. The summed E-state index contributed by atoms with van der Waals surface area (Å²) in [4.78, 5) is 0. The van der Waals surface area contributed by atoms with Crippen LogP contribution in [0.3, 0.4) is 0 Å². The van der Waals surface area contributed by atoms with Gasteiger partial charge >= 0.3 is 0 Å². The second-order valence-corrected chi connectivity index (χ2v) is 4.05. The van der Waals surface area contributed by atoms with Gasteiger partial charge in [0.1, 0.15) is 0 Å². The third-order valence-corrected chi connectivity index (χ3v) is 3.09. The minimum absolute atomic E-state index is 0.0214. The zero-order chi connectivity index (χ0) is 9.80. The normalized spacial score (nSPS) is 32.8. The van der Waals surface area contributed by atoms with Gasteiger partial charge in [-0.3, -0.25) is 0 Å². The van der Waals surface area contributed by atoms with Gasteiger partial charge in [-0.15, -0.1) is 0 Å². The van der Waals surface area contributed by atoms with Crippen LogP contribution < -0.4 is 5.32 Å². The smallest absolute Gasteiger partial charge is 0.0961 e. The van der Waals surface area contributed by atoms with Gasteiger partial charge in [-0.25, -0.2) is 0 Å². The predicted octanol–water partition coefficient (Wildman–Crippen LogP) is -0.238. The van der Waals surface area contributed by atoms with E-state index in [0.717, 1.165) is 39.1 Å². The molecule has 0 aromatic rings. The van der Waals surface area contributed by atoms with E-state index in [2.05, 4.69) is 5.32 Å². The molecule has 4 heteroatoms. The van der Waals surface area contributed by atoms with Crippen molar-refractivity contribution < 1.29 is 14.6 Å². The van der Waals surface area contributed by atoms with Gasteiger partial charge in [0.2, 0.25) is 0 Å². The Bertz CT molecular complexity index is 147. The molecule has 2 saturated heterocycles. The molecule has 0 aliphatic carbocycles. The molecule has 0 amide bonds. The van der Waals surface area contributed by atoms with Crippen molar-refractivity contribution in [1.29, 1.82) is 0 Å². The van der Waals surface area contributed by atoms with Crippen molar-refractivity contribution >= 4 is 0 Å². The highest BCUT2D eigenvalue weighted by molar-refractivity contribution is 4.82. The van der Waals surface area contributed by atoms with E-state index in [1.165, 1.54) is 0 Å². The van der Waals surface area contributed by atoms with Crippen LogP contribution >= 0.6 is 0 Å². The molecule has 0 aromatic carbocycles. The largest absolute Gasteiger partial charge is 0.390 e. The summed E-state index contributed by atoms with van der Waals surface area (Å²) < 4.78 is 10.8. The summed E-state index contributed by atoms with van der Waals surface area (Å²) in [6.07, 6.45) is 1.57. The highest BCUT2D eigenvalue weighted by Gasteiger charge is 2.30. The maximum Gasteiger partial charge on any atom is 0.0961 e. The lowest BCUT2D eigenvalue weighted by atomic mass is 9.90. The molecule has 2 fully saturated rings. The molecule has 0 spiro atoms. The van der Waals surface area contributed by atoms with Crippen LogP contribution in [0, 0.1) is 5.92 Å². The Morgan fingerprint density at radius 3 is 2.64 bits per heavy atom. The minimum Gasteiger partial charge on any atom is -0.390 e. The number of nitrogens with one attached hydrogen (secondary N) is 1. The molecular weight excluding hydrogens is 182 g/mol. The van der Waals surface area contributed by atoms with E-state index in [-0.39, 0.29) is 12.2 Å². The lowest BCUT2D eigenvalue weighted by Gasteiger charge is -2.34. The molecule has 2 unspecified atom stereocenters. The number of morpholine rings is 1. The van der Waals surface area contributed by atoms with Crippen LogP contribution in [-0.4, -0.2) is 50.2 Å². The molecule has 0 bridgehead atoms. The Morgan fingerprint density at radius 2 is 2.00 bits per heavy atom. The van der Waals surface area contributed by atoms with E-state index in [1.54, 1.807) is 0 Å². The number of rotatable bonds is 2. The van der Waals surface area contributed by atoms with E-state index in [4.69, 9.17) is 9.47 Å². The van der Waals surface area contributed by atoms with Gasteiger partial charge < -0.3 is 19.9 Å². The quantitative estimate of drug-likeness (QED) is 0.647. The molecule has 0 saturated carbocycles. The third-order valence-electron chi connectivity index (χ3n) is 3.09. The van der Waals surface area contributed by atoms with Gasteiger partial charge in [0, 0.05) is 26.3 Å². The molecule has 2 heterocycles. The van der Waals surface area contributed by atoms with Gasteiger partial charge in [-0.1, -0.05) is 0 Å². The fourth-order valence-electron chi connectivity index (χ4n) is 2.17. The van der Waals surface area contributed by atoms with Gasteiger partial charge in [0.25, 0.3) is 0 Å². The van der Waals surface area contributed by atoms with E-state index in [9.17, 15) is 5.11 Å². The number of aliphatic hydroxyl groups is 1. The Morgan fingerprint density at radius 1 is 1.21 bits per heavy atom. The fourth-order valence-corrected chi connectivity index (χ4v) is 2.17. The summed E-state index contributed by atoms with van der Waals surface area (Å²) in [5.41, 5.74) is 0. The Labute approximate surface area is 84.6 Å². The third kappa shape index (κ3) is 2.45. The lowest BCUT2D eigenvalue weighted by Crippen LogP contribution is -2.48. The topological polar surface area (TPSA) is 50.7 Å². The fraction of sp³-hybridized carbons (Fsp3) is 1.00. The van der Waals surface area contributed by atoms with E-state index in [0.29, 0.717) is 12.5 Å². The van der Waals surface area contributed by atoms with Crippen molar-refractivity contribution in [2.75, 3.05) is 32.9 Å². The first-order valence-electron chi connectivity index (χ1n) is 5.46. The first-order chi connectivity index (χ1) is 6.88. The maximum absolute atomic E-state index is 10.1. The molecule has 0 radical (unpaired) electrons. The molecular formula is C10H19NO3. The van der Waals surface area contributed by atoms with Crippen LogP contribution in [0.1, 0.15) is 12.8 Å². The summed E-state index contributed by atoms with van der Waals surface area (Å²) in [6.45, 7) is 3.95. The lowest BCUT2D eigenvalue weighted by molar-refractivity contribution is -0.0925. The van der Waals surface area contributed by atoms with Crippen LogP contribution in [0.2, 0.25) is 0 Å². The first kappa shape index (κ1) is 10.4. The van der Waals surface area contributed by atoms with E-state index in [1.807, 2.05) is 0 Å². The van der Waals surface area contributed by atoms with E-state index < -0.39 is 0 Å². The van der Waals surface area contributed by atoms with Crippen LogP contribution in [0.15, 0.2) is 0 Å². The molecule has 4 nitrogen and oxygen atoms in total. The average molecular weight is 201 g/mol. The summed E-state index contributed by atoms with van der Waals surface area (Å²) in [7, 11) is 0. The molecule has 82 valence electrons. The maximum atomic E-state index is 10.1. The summed E-state index contributed by atoms with van der Waals surface area (Å²) in [5, 5.41) is 13.3. The number of aliphatic hydroxyl groups excluding tert-OH is 1. The van der Waals surface area contributed by atoms with Crippen molar-refractivity contribution in [2.24, 2.45) is 5.92 Å². The molecule has 2 aliphatic heterocycles. The number of hydrogen-bond donors (Lipinski definition) is 2. The summed E-state index contributed by atoms with van der Waals surface area (Å²) in [5.74, 6) is 0.355. The monoisotopic (exact) mass is 201 g/mol. The predicted molar refractivity (Wildman–Crippen MR) is 52.2 cm³/mol. The van der Waals surface area contributed by atoms with Gasteiger partial charge in [0.05, 0.1) is 18.8 Å². The Hall–Kier alpha value is -0.160. The summed E-state index contributed by atoms with van der Waals surface area (Å²) in [6, 6.07) is 0. The second-order valence-electron chi connectivity index (χ2n) is 4.05. The van der Waals surface area contributed by atoms with E-state index >= 15 is 0 Å². The Balaban J connectivity index is 1.82. The van der Waals surface area contributed by atoms with Crippen LogP contribution in [0.4, 0.5) is 0 Å². The average Bonchev–Trinajstić information content (AvgIpc) is 2.30. The van der Waals surface area contributed by atoms with Crippen molar-refractivity contribution in [3.8, 4) is 0 Å².